The Morgan fingerprint density at radius 2 is 2.05 bits per heavy atom. The minimum Gasteiger partial charge on any atom is -0.394 e. The fourth-order valence-electron chi connectivity index (χ4n) is 2.37. The molecule has 6 heteroatoms. The molecule has 0 aromatic heterocycles. The summed E-state index contributed by atoms with van der Waals surface area (Å²) in [5.41, 5.74) is -0.295. The lowest BCUT2D eigenvalue weighted by Crippen LogP contribution is -2.56. The fraction of sp³-hybridized carbons (Fsp3) is 0.500. The Morgan fingerprint density at radius 1 is 1.41 bits per heavy atom. The SMILES string of the molecule is CC(NC(=O)c1ccccc1Cl)C(=O)NC(C)(CO)C1CC1. The van der Waals surface area contributed by atoms with Gasteiger partial charge in [0.25, 0.3) is 5.91 Å². The normalized spacial score (nSPS) is 18.2. The van der Waals surface area contributed by atoms with E-state index in [0.29, 0.717) is 16.5 Å². The van der Waals surface area contributed by atoms with Crippen LogP contribution >= 0.6 is 11.6 Å². The van der Waals surface area contributed by atoms with Crippen molar-refractivity contribution in [3.63, 3.8) is 0 Å². The van der Waals surface area contributed by atoms with E-state index in [1.165, 1.54) is 0 Å². The van der Waals surface area contributed by atoms with E-state index >= 15 is 0 Å². The van der Waals surface area contributed by atoms with Crippen molar-refractivity contribution in [1.82, 2.24) is 10.6 Å². The molecule has 1 fully saturated rings. The standard InChI is InChI=1S/C16H21ClN2O3/c1-10(14(21)19-16(2,9-20)11-7-8-11)18-15(22)12-5-3-4-6-13(12)17/h3-6,10-11,20H,7-9H2,1-2H3,(H,18,22)(H,19,21). The van der Waals surface area contributed by atoms with Crippen LogP contribution in [0.15, 0.2) is 24.3 Å². The first-order valence-corrected chi connectivity index (χ1v) is 7.73. The maximum Gasteiger partial charge on any atom is 0.253 e. The number of amides is 2. The predicted octanol–water partition coefficient (Wildman–Crippen LogP) is 1.74. The van der Waals surface area contributed by atoms with E-state index in [1.807, 2.05) is 6.92 Å². The highest BCUT2D eigenvalue weighted by Crippen LogP contribution is 2.39. The van der Waals surface area contributed by atoms with Crippen LogP contribution in [0, 0.1) is 5.92 Å². The fourth-order valence-corrected chi connectivity index (χ4v) is 2.59. The molecule has 1 aliphatic carbocycles. The molecule has 1 aliphatic rings. The summed E-state index contributed by atoms with van der Waals surface area (Å²) < 4.78 is 0. The van der Waals surface area contributed by atoms with Gasteiger partial charge in [0.1, 0.15) is 6.04 Å². The maximum atomic E-state index is 12.2. The van der Waals surface area contributed by atoms with Crippen molar-refractivity contribution >= 4 is 23.4 Å². The number of halogens is 1. The summed E-state index contributed by atoms with van der Waals surface area (Å²) in [6.45, 7) is 3.31. The minimum absolute atomic E-state index is 0.116. The summed E-state index contributed by atoms with van der Waals surface area (Å²) in [5, 5.41) is 15.3. The first-order chi connectivity index (χ1) is 10.4. The molecule has 5 nitrogen and oxygen atoms in total. The van der Waals surface area contributed by atoms with Gasteiger partial charge < -0.3 is 15.7 Å². The van der Waals surface area contributed by atoms with Gasteiger partial charge in [0, 0.05) is 0 Å². The summed E-state index contributed by atoms with van der Waals surface area (Å²) in [4.78, 5) is 24.4. The van der Waals surface area contributed by atoms with Crippen LogP contribution in [0.1, 0.15) is 37.0 Å². The molecule has 3 N–H and O–H groups in total. The molecule has 0 heterocycles. The molecule has 2 rings (SSSR count). The molecule has 120 valence electrons. The number of aliphatic hydroxyl groups excluding tert-OH is 1. The third-order valence-electron chi connectivity index (χ3n) is 4.07. The van der Waals surface area contributed by atoms with Gasteiger partial charge in [-0.2, -0.15) is 0 Å². The molecular formula is C16H21ClN2O3. The quantitative estimate of drug-likeness (QED) is 0.745. The van der Waals surface area contributed by atoms with Crippen LogP contribution in [-0.4, -0.2) is 35.1 Å². The molecule has 2 unspecified atom stereocenters. The van der Waals surface area contributed by atoms with E-state index < -0.39 is 17.5 Å². The van der Waals surface area contributed by atoms with Crippen LogP contribution in [0.5, 0.6) is 0 Å². The number of carbonyl (C=O) groups is 2. The van der Waals surface area contributed by atoms with Gasteiger partial charge in [0.15, 0.2) is 0 Å². The van der Waals surface area contributed by atoms with Crippen molar-refractivity contribution in [3.8, 4) is 0 Å². The molecule has 22 heavy (non-hydrogen) atoms. The molecule has 2 amide bonds. The minimum atomic E-state index is -0.714. The Kier molecular flexibility index (Phi) is 5.08. The van der Waals surface area contributed by atoms with Crippen LogP contribution in [0.4, 0.5) is 0 Å². The Balaban J connectivity index is 1.96. The second kappa shape index (κ2) is 6.67. The number of rotatable bonds is 6. The van der Waals surface area contributed by atoms with Crippen LogP contribution < -0.4 is 10.6 Å². The largest absolute Gasteiger partial charge is 0.394 e. The van der Waals surface area contributed by atoms with E-state index in [2.05, 4.69) is 10.6 Å². The van der Waals surface area contributed by atoms with Gasteiger partial charge >= 0.3 is 0 Å². The number of hydrogen-bond acceptors (Lipinski definition) is 3. The van der Waals surface area contributed by atoms with Gasteiger partial charge in [-0.15, -0.1) is 0 Å². The van der Waals surface area contributed by atoms with E-state index in [-0.39, 0.29) is 12.5 Å². The van der Waals surface area contributed by atoms with Crippen molar-refractivity contribution < 1.29 is 14.7 Å². The maximum absolute atomic E-state index is 12.2. The molecule has 0 bridgehead atoms. The topological polar surface area (TPSA) is 78.4 Å². The average molecular weight is 325 g/mol. The Morgan fingerprint density at radius 3 is 2.59 bits per heavy atom. The second-order valence-electron chi connectivity index (χ2n) is 6.01. The third kappa shape index (κ3) is 3.78. The zero-order chi connectivity index (χ0) is 16.3. The van der Waals surface area contributed by atoms with Gasteiger partial charge in [-0.25, -0.2) is 0 Å². The van der Waals surface area contributed by atoms with Crippen LogP contribution in [0.3, 0.4) is 0 Å². The Bertz CT molecular complexity index is 574. The van der Waals surface area contributed by atoms with Crippen molar-refractivity contribution in [1.29, 1.82) is 0 Å². The first kappa shape index (κ1) is 16.8. The van der Waals surface area contributed by atoms with Crippen molar-refractivity contribution in [2.45, 2.75) is 38.3 Å². The molecule has 1 saturated carbocycles. The number of nitrogens with one attached hydrogen (secondary N) is 2. The van der Waals surface area contributed by atoms with E-state index in [1.54, 1.807) is 31.2 Å². The number of benzene rings is 1. The summed E-state index contributed by atoms with van der Waals surface area (Å²) in [5.74, 6) is -0.415. The van der Waals surface area contributed by atoms with Crippen molar-refractivity contribution in [2.75, 3.05) is 6.61 Å². The lowest BCUT2D eigenvalue weighted by molar-refractivity contribution is -0.125. The smallest absolute Gasteiger partial charge is 0.253 e. The third-order valence-corrected chi connectivity index (χ3v) is 4.40. The molecular weight excluding hydrogens is 304 g/mol. The van der Waals surface area contributed by atoms with Gasteiger partial charge in [-0.05, 0) is 44.7 Å². The van der Waals surface area contributed by atoms with E-state index in [9.17, 15) is 14.7 Å². The zero-order valence-corrected chi connectivity index (χ0v) is 13.5. The van der Waals surface area contributed by atoms with Gasteiger partial charge in [-0.1, -0.05) is 23.7 Å². The molecule has 0 aliphatic heterocycles. The number of hydrogen-bond donors (Lipinski definition) is 3. The summed E-state index contributed by atoms with van der Waals surface area (Å²) in [6.07, 6.45) is 2.00. The highest BCUT2D eigenvalue weighted by Gasteiger charge is 2.42. The molecule has 1 aromatic rings. The van der Waals surface area contributed by atoms with E-state index in [0.717, 1.165) is 12.8 Å². The average Bonchev–Trinajstić information content (AvgIpc) is 3.32. The summed E-state index contributed by atoms with van der Waals surface area (Å²) in [7, 11) is 0. The van der Waals surface area contributed by atoms with Gasteiger partial charge in [0.05, 0.1) is 22.7 Å². The number of carbonyl (C=O) groups excluding carboxylic acids is 2. The van der Waals surface area contributed by atoms with Crippen LogP contribution in [0.2, 0.25) is 5.02 Å². The molecule has 0 saturated heterocycles. The molecule has 2 atom stereocenters. The summed E-state index contributed by atoms with van der Waals surface area (Å²) in [6, 6.07) is 5.95. The Hall–Kier alpha value is -1.59. The van der Waals surface area contributed by atoms with Gasteiger partial charge in [0.2, 0.25) is 5.91 Å². The van der Waals surface area contributed by atoms with E-state index in [4.69, 9.17) is 11.6 Å². The van der Waals surface area contributed by atoms with Crippen LogP contribution in [-0.2, 0) is 4.79 Å². The predicted molar refractivity (Wildman–Crippen MR) is 84.7 cm³/mol. The highest BCUT2D eigenvalue weighted by atomic mass is 35.5. The monoisotopic (exact) mass is 324 g/mol. The molecule has 0 spiro atoms. The molecule has 1 aromatic carbocycles. The lowest BCUT2D eigenvalue weighted by Gasteiger charge is -2.30. The lowest BCUT2D eigenvalue weighted by atomic mass is 9.96. The van der Waals surface area contributed by atoms with Gasteiger partial charge in [-0.3, -0.25) is 9.59 Å². The zero-order valence-electron chi connectivity index (χ0n) is 12.7. The van der Waals surface area contributed by atoms with Crippen molar-refractivity contribution in [2.24, 2.45) is 5.92 Å². The molecule has 0 radical (unpaired) electrons. The Labute approximate surface area is 135 Å². The highest BCUT2D eigenvalue weighted by molar-refractivity contribution is 6.33. The van der Waals surface area contributed by atoms with Crippen LogP contribution in [0.25, 0.3) is 0 Å². The van der Waals surface area contributed by atoms with Crippen molar-refractivity contribution in [3.05, 3.63) is 34.9 Å². The number of aliphatic hydroxyl groups is 1. The second-order valence-corrected chi connectivity index (χ2v) is 6.42. The first-order valence-electron chi connectivity index (χ1n) is 7.35. The summed E-state index contributed by atoms with van der Waals surface area (Å²) >= 11 is 5.97.